The summed E-state index contributed by atoms with van der Waals surface area (Å²) < 4.78 is 11.9. The van der Waals surface area contributed by atoms with Crippen LogP contribution in [0.5, 0.6) is 5.75 Å². The first-order chi connectivity index (χ1) is 7.70. The molecular formula is C12H19IO2Si. The molecule has 0 amide bonds. The van der Waals surface area contributed by atoms with Gasteiger partial charge in [0.1, 0.15) is 5.75 Å². The predicted octanol–water partition coefficient (Wildman–Crippen LogP) is 4.28. The number of halogens is 1. The Morgan fingerprint density at radius 1 is 1.19 bits per heavy atom. The van der Waals surface area contributed by atoms with Gasteiger partial charge < -0.3 is 8.85 Å². The molecule has 1 aromatic rings. The number of hydrogen-bond donors (Lipinski definition) is 0. The van der Waals surface area contributed by atoms with Crippen molar-refractivity contribution in [1.82, 2.24) is 0 Å². The van der Waals surface area contributed by atoms with Gasteiger partial charge in [-0.25, -0.2) is 0 Å². The molecule has 1 atom stereocenters. The highest BCUT2D eigenvalue weighted by molar-refractivity contribution is 14.1. The number of rotatable bonds is 7. The van der Waals surface area contributed by atoms with Gasteiger partial charge >= 0.3 is 6.06 Å². The molecular weight excluding hydrogens is 331 g/mol. The van der Waals surface area contributed by atoms with E-state index in [0.717, 1.165) is 18.4 Å². The van der Waals surface area contributed by atoms with Gasteiger partial charge in [-0.3, -0.25) is 0 Å². The molecule has 0 bridgehead atoms. The zero-order valence-electron chi connectivity index (χ0n) is 9.91. The maximum absolute atomic E-state index is 6.05. The van der Waals surface area contributed by atoms with Crippen molar-refractivity contribution in [2.45, 2.75) is 32.7 Å². The monoisotopic (exact) mass is 350 g/mol. The van der Waals surface area contributed by atoms with E-state index in [1.165, 1.54) is 12.8 Å². The second-order valence-electron chi connectivity index (χ2n) is 3.61. The van der Waals surface area contributed by atoms with Crippen LogP contribution in [0, 0.1) is 0 Å². The normalized spacial score (nSPS) is 14.4. The molecule has 90 valence electrons. The summed E-state index contributed by atoms with van der Waals surface area (Å²) >= 11 is 2.40. The van der Waals surface area contributed by atoms with Crippen molar-refractivity contribution in [3.8, 4) is 5.75 Å². The summed E-state index contributed by atoms with van der Waals surface area (Å²) in [5, 5.41) is 0. The summed E-state index contributed by atoms with van der Waals surface area (Å²) in [6.45, 7) is 4.95. The van der Waals surface area contributed by atoms with Crippen LogP contribution in [0.4, 0.5) is 0 Å². The number of para-hydroxylation sites is 1. The van der Waals surface area contributed by atoms with Crippen LogP contribution in [0.2, 0.25) is 6.04 Å². The SMILES string of the molecule is CCCC[Si](I)(OCC)Oc1ccccc1. The van der Waals surface area contributed by atoms with Gasteiger partial charge in [-0.2, -0.15) is 0 Å². The fraction of sp³-hybridized carbons (Fsp3) is 0.500. The lowest BCUT2D eigenvalue weighted by molar-refractivity contribution is 0.276. The third-order valence-electron chi connectivity index (χ3n) is 2.20. The minimum atomic E-state index is -2.04. The molecule has 1 aromatic carbocycles. The number of benzene rings is 1. The molecule has 1 rings (SSSR count). The Morgan fingerprint density at radius 2 is 1.88 bits per heavy atom. The highest BCUT2D eigenvalue weighted by Crippen LogP contribution is 2.27. The number of unbranched alkanes of at least 4 members (excludes halogenated alkanes) is 1. The Labute approximate surface area is 112 Å². The Kier molecular flexibility index (Phi) is 6.38. The van der Waals surface area contributed by atoms with Gasteiger partial charge in [-0.1, -0.05) is 31.5 Å². The van der Waals surface area contributed by atoms with E-state index < -0.39 is 6.06 Å². The Balaban J connectivity index is 2.62. The topological polar surface area (TPSA) is 18.5 Å². The largest absolute Gasteiger partial charge is 0.513 e. The zero-order chi connectivity index (χ0) is 11.9. The fourth-order valence-corrected chi connectivity index (χ4v) is 6.26. The van der Waals surface area contributed by atoms with Crippen LogP contribution in [0.3, 0.4) is 0 Å². The van der Waals surface area contributed by atoms with E-state index in [4.69, 9.17) is 8.85 Å². The summed E-state index contributed by atoms with van der Waals surface area (Å²) in [5.74, 6) is 0.924. The van der Waals surface area contributed by atoms with Crippen molar-refractivity contribution < 1.29 is 8.85 Å². The summed E-state index contributed by atoms with van der Waals surface area (Å²) in [4.78, 5) is 0. The summed E-state index contributed by atoms with van der Waals surface area (Å²) in [7, 11) is 0. The smallest absolute Gasteiger partial charge is 0.468 e. The van der Waals surface area contributed by atoms with Crippen LogP contribution in [-0.4, -0.2) is 12.7 Å². The Morgan fingerprint density at radius 3 is 2.44 bits per heavy atom. The van der Waals surface area contributed by atoms with Crippen LogP contribution < -0.4 is 4.43 Å². The first kappa shape index (κ1) is 14.0. The third kappa shape index (κ3) is 4.84. The summed E-state index contributed by atoms with van der Waals surface area (Å²) in [6, 6.07) is 8.97. The van der Waals surface area contributed by atoms with Gasteiger partial charge in [-0.05, 0) is 47.3 Å². The lowest BCUT2D eigenvalue weighted by Crippen LogP contribution is -2.38. The zero-order valence-corrected chi connectivity index (χ0v) is 13.1. The van der Waals surface area contributed by atoms with E-state index in [1.54, 1.807) is 0 Å². The van der Waals surface area contributed by atoms with Gasteiger partial charge in [0.05, 0.1) is 0 Å². The molecule has 0 radical (unpaired) electrons. The van der Waals surface area contributed by atoms with Crippen molar-refractivity contribution in [3.05, 3.63) is 30.3 Å². The molecule has 4 heteroatoms. The van der Waals surface area contributed by atoms with Crippen LogP contribution in [0.25, 0.3) is 0 Å². The van der Waals surface area contributed by atoms with Crippen LogP contribution in [0.15, 0.2) is 30.3 Å². The summed E-state index contributed by atoms with van der Waals surface area (Å²) in [5.41, 5.74) is 0. The molecule has 0 aliphatic rings. The standard InChI is InChI=1S/C12H19IO2Si/c1-3-5-11-16(13,14-4-2)15-12-9-7-6-8-10-12/h6-10H,3-5,11H2,1-2H3. The molecule has 0 saturated heterocycles. The van der Waals surface area contributed by atoms with Gasteiger partial charge in [0.2, 0.25) is 0 Å². The highest BCUT2D eigenvalue weighted by atomic mass is 127. The maximum atomic E-state index is 6.05. The van der Waals surface area contributed by atoms with Crippen molar-refractivity contribution in [2.75, 3.05) is 6.61 Å². The lowest BCUT2D eigenvalue weighted by atomic mass is 10.3. The van der Waals surface area contributed by atoms with Crippen LogP contribution >= 0.6 is 21.8 Å². The average molecular weight is 350 g/mol. The molecule has 0 fully saturated rings. The van der Waals surface area contributed by atoms with E-state index in [9.17, 15) is 0 Å². The van der Waals surface area contributed by atoms with Gasteiger partial charge in [0.15, 0.2) is 0 Å². The first-order valence-corrected chi connectivity index (χ1v) is 10.9. The van der Waals surface area contributed by atoms with E-state index >= 15 is 0 Å². The molecule has 0 aromatic heterocycles. The van der Waals surface area contributed by atoms with E-state index in [1.807, 2.05) is 37.3 Å². The first-order valence-electron chi connectivity index (χ1n) is 5.77. The molecule has 0 aliphatic heterocycles. The number of hydrogen-bond acceptors (Lipinski definition) is 2. The van der Waals surface area contributed by atoms with Crippen molar-refractivity contribution in [3.63, 3.8) is 0 Å². The molecule has 0 aliphatic carbocycles. The van der Waals surface area contributed by atoms with Gasteiger partial charge in [0.25, 0.3) is 0 Å². The van der Waals surface area contributed by atoms with Crippen LogP contribution in [-0.2, 0) is 4.43 Å². The molecule has 2 nitrogen and oxygen atoms in total. The molecule has 0 spiro atoms. The van der Waals surface area contributed by atoms with E-state index in [-0.39, 0.29) is 0 Å². The molecule has 1 unspecified atom stereocenters. The van der Waals surface area contributed by atoms with Gasteiger partial charge in [0, 0.05) is 12.7 Å². The maximum Gasteiger partial charge on any atom is 0.468 e. The predicted molar refractivity (Wildman–Crippen MR) is 78.2 cm³/mol. The third-order valence-corrected chi connectivity index (χ3v) is 7.63. The second-order valence-corrected chi connectivity index (χ2v) is 10.9. The molecule has 0 N–H and O–H groups in total. The lowest BCUT2D eigenvalue weighted by Gasteiger charge is -2.25. The highest BCUT2D eigenvalue weighted by Gasteiger charge is 2.35. The van der Waals surface area contributed by atoms with E-state index in [2.05, 4.69) is 28.7 Å². The van der Waals surface area contributed by atoms with Gasteiger partial charge in [-0.15, -0.1) is 0 Å². The minimum absolute atomic E-state index is 0.728. The molecule has 0 saturated carbocycles. The minimum Gasteiger partial charge on any atom is -0.513 e. The molecule has 16 heavy (non-hydrogen) atoms. The molecule has 0 heterocycles. The summed E-state index contributed by atoms with van der Waals surface area (Å²) in [6.07, 6.45) is 2.35. The van der Waals surface area contributed by atoms with Crippen molar-refractivity contribution >= 4 is 27.9 Å². The fourth-order valence-electron chi connectivity index (χ4n) is 1.42. The van der Waals surface area contributed by atoms with Crippen molar-refractivity contribution in [2.24, 2.45) is 0 Å². The second kappa shape index (κ2) is 7.29. The Bertz CT molecular complexity index is 294. The average Bonchev–Trinajstić information content (AvgIpc) is 2.28. The van der Waals surface area contributed by atoms with E-state index in [0.29, 0.717) is 0 Å². The quantitative estimate of drug-likeness (QED) is 0.415. The Hall–Kier alpha value is -0.0731. The van der Waals surface area contributed by atoms with Crippen LogP contribution in [0.1, 0.15) is 26.7 Å². The van der Waals surface area contributed by atoms with Crippen molar-refractivity contribution in [1.29, 1.82) is 0 Å².